The summed E-state index contributed by atoms with van der Waals surface area (Å²) >= 11 is 6.86. The number of nitrogens with zero attached hydrogens (tertiary/aromatic N) is 2. The van der Waals surface area contributed by atoms with Crippen LogP contribution >= 0.6 is 31.9 Å². The van der Waals surface area contributed by atoms with E-state index in [1.54, 1.807) is 12.1 Å². The fourth-order valence-electron chi connectivity index (χ4n) is 3.86. The van der Waals surface area contributed by atoms with E-state index in [0.29, 0.717) is 4.47 Å². The molecule has 2 aliphatic heterocycles. The van der Waals surface area contributed by atoms with Gasteiger partial charge < -0.3 is 4.74 Å². The first-order valence-corrected chi connectivity index (χ1v) is 10.9. The van der Waals surface area contributed by atoms with Crippen LogP contribution in [-0.2, 0) is 0 Å². The van der Waals surface area contributed by atoms with Gasteiger partial charge in [0.05, 0.1) is 16.2 Å². The van der Waals surface area contributed by atoms with Crippen molar-refractivity contribution in [2.45, 2.75) is 25.6 Å². The van der Waals surface area contributed by atoms with Crippen molar-refractivity contribution in [1.29, 1.82) is 0 Å². The van der Waals surface area contributed by atoms with Crippen LogP contribution in [-0.4, -0.2) is 10.7 Å². The quantitative estimate of drug-likeness (QED) is 0.370. The minimum absolute atomic E-state index is 0.0568. The van der Waals surface area contributed by atoms with Crippen molar-refractivity contribution in [3.05, 3.63) is 97.7 Å². The summed E-state index contributed by atoms with van der Waals surface area (Å²) < 4.78 is 21.6. The second kappa shape index (κ2) is 7.26. The first-order chi connectivity index (χ1) is 14.0. The van der Waals surface area contributed by atoms with Crippen LogP contribution in [0.3, 0.4) is 0 Å². The molecule has 0 N–H and O–H groups in total. The van der Waals surface area contributed by atoms with Gasteiger partial charge in [0.25, 0.3) is 0 Å². The SMILES string of the molecule is Cc1ccc(C2=NN3[C@@H](c4ccc(F)c(Br)c4)Oc4ccc(Br)cc4[C@@H]3C2)cc1. The summed E-state index contributed by atoms with van der Waals surface area (Å²) in [6.07, 6.45) is 0.364. The highest BCUT2D eigenvalue weighted by atomic mass is 79.9. The van der Waals surface area contributed by atoms with Gasteiger partial charge in [0.15, 0.2) is 0 Å². The van der Waals surface area contributed by atoms with Crippen LogP contribution in [0.15, 0.2) is 74.7 Å². The van der Waals surface area contributed by atoms with Crippen LogP contribution in [0.25, 0.3) is 0 Å². The molecule has 0 amide bonds. The molecule has 29 heavy (non-hydrogen) atoms. The third-order valence-electron chi connectivity index (χ3n) is 5.37. The van der Waals surface area contributed by atoms with E-state index < -0.39 is 6.23 Å². The Labute approximate surface area is 185 Å². The smallest absolute Gasteiger partial charge is 0.213 e. The molecule has 0 spiro atoms. The minimum atomic E-state index is -0.423. The van der Waals surface area contributed by atoms with Gasteiger partial charge in [-0.25, -0.2) is 9.40 Å². The number of hydrogen-bond donors (Lipinski definition) is 0. The van der Waals surface area contributed by atoms with Crippen molar-refractivity contribution < 1.29 is 9.13 Å². The minimum Gasteiger partial charge on any atom is -0.464 e. The Morgan fingerprint density at radius 3 is 2.59 bits per heavy atom. The van der Waals surface area contributed by atoms with Crippen LogP contribution in [0.1, 0.15) is 40.9 Å². The van der Waals surface area contributed by atoms with Crippen LogP contribution in [0, 0.1) is 12.7 Å². The molecule has 2 heterocycles. The van der Waals surface area contributed by atoms with Gasteiger partial charge in [0, 0.05) is 22.0 Å². The Kier molecular flexibility index (Phi) is 4.71. The van der Waals surface area contributed by atoms with Gasteiger partial charge in [-0.15, -0.1) is 0 Å². The number of halogens is 3. The summed E-state index contributed by atoms with van der Waals surface area (Å²) in [6.45, 7) is 2.08. The summed E-state index contributed by atoms with van der Waals surface area (Å²) in [6, 6.07) is 19.5. The molecule has 2 aliphatic rings. The van der Waals surface area contributed by atoms with E-state index >= 15 is 0 Å². The Balaban J connectivity index is 1.61. The van der Waals surface area contributed by atoms with Gasteiger partial charge in [0.2, 0.25) is 6.23 Å². The Morgan fingerprint density at radius 2 is 1.83 bits per heavy atom. The second-order valence-electron chi connectivity index (χ2n) is 7.34. The number of ether oxygens (including phenoxy) is 1. The maximum atomic E-state index is 13.8. The van der Waals surface area contributed by atoms with Crippen LogP contribution < -0.4 is 4.74 Å². The lowest BCUT2D eigenvalue weighted by Gasteiger charge is -2.38. The maximum Gasteiger partial charge on any atom is 0.213 e. The number of aryl methyl sites for hydroxylation is 1. The van der Waals surface area contributed by atoms with Crippen molar-refractivity contribution in [2.24, 2.45) is 5.10 Å². The highest BCUT2D eigenvalue weighted by Gasteiger charge is 2.41. The zero-order valence-electron chi connectivity index (χ0n) is 15.6. The van der Waals surface area contributed by atoms with Gasteiger partial charge in [-0.2, -0.15) is 5.10 Å². The number of hydrogen-bond acceptors (Lipinski definition) is 3. The largest absolute Gasteiger partial charge is 0.464 e. The van der Waals surface area contributed by atoms with Crippen LogP contribution in [0.2, 0.25) is 0 Å². The molecule has 0 aromatic heterocycles. The molecule has 0 unspecified atom stereocenters. The summed E-state index contributed by atoms with van der Waals surface area (Å²) in [5.74, 6) is 0.538. The fraction of sp³-hybridized carbons (Fsp3) is 0.174. The molecule has 0 saturated heterocycles. The molecule has 0 aliphatic carbocycles. The predicted octanol–water partition coefficient (Wildman–Crippen LogP) is 6.90. The van der Waals surface area contributed by atoms with Gasteiger partial charge in [-0.1, -0.05) is 51.8 Å². The lowest BCUT2D eigenvalue weighted by molar-refractivity contribution is -0.0191. The Bertz CT molecular complexity index is 1130. The number of benzene rings is 3. The normalized spacial score (nSPS) is 20.0. The summed E-state index contributed by atoms with van der Waals surface area (Å²) in [4.78, 5) is 0. The summed E-state index contributed by atoms with van der Waals surface area (Å²) in [5.41, 5.74) is 5.31. The van der Waals surface area contributed by atoms with Crippen LogP contribution in [0.5, 0.6) is 5.75 Å². The van der Waals surface area contributed by atoms with E-state index in [9.17, 15) is 4.39 Å². The van der Waals surface area contributed by atoms with E-state index in [2.05, 4.69) is 69.1 Å². The van der Waals surface area contributed by atoms with E-state index in [-0.39, 0.29) is 11.9 Å². The molecule has 3 aromatic rings. The van der Waals surface area contributed by atoms with Crippen LogP contribution in [0.4, 0.5) is 4.39 Å². The molecule has 2 atom stereocenters. The van der Waals surface area contributed by atoms with Crippen molar-refractivity contribution >= 4 is 37.6 Å². The van der Waals surface area contributed by atoms with Gasteiger partial charge in [-0.3, -0.25) is 0 Å². The molecule has 0 bridgehead atoms. The third-order valence-corrected chi connectivity index (χ3v) is 6.47. The highest BCUT2D eigenvalue weighted by molar-refractivity contribution is 9.10. The molecular formula is C23H17Br2FN2O. The van der Waals surface area contributed by atoms with Crippen molar-refractivity contribution in [3.8, 4) is 5.75 Å². The van der Waals surface area contributed by atoms with E-state index in [1.807, 2.05) is 17.1 Å². The monoisotopic (exact) mass is 514 g/mol. The molecule has 0 radical (unpaired) electrons. The van der Waals surface area contributed by atoms with Gasteiger partial charge in [0.1, 0.15) is 11.6 Å². The lowest BCUT2D eigenvalue weighted by Crippen LogP contribution is -2.33. The Morgan fingerprint density at radius 1 is 1.03 bits per heavy atom. The van der Waals surface area contributed by atoms with Gasteiger partial charge >= 0.3 is 0 Å². The topological polar surface area (TPSA) is 24.8 Å². The third kappa shape index (κ3) is 3.38. The molecule has 3 aromatic carbocycles. The van der Waals surface area contributed by atoms with Gasteiger partial charge in [-0.05, 0) is 58.7 Å². The van der Waals surface area contributed by atoms with Crippen molar-refractivity contribution in [3.63, 3.8) is 0 Å². The number of hydrazone groups is 1. The van der Waals surface area contributed by atoms with Crippen molar-refractivity contribution in [2.75, 3.05) is 0 Å². The summed E-state index contributed by atoms with van der Waals surface area (Å²) in [7, 11) is 0. The molecular weight excluding hydrogens is 499 g/mol. The lowest BCUT2D eigenvalue weighted by atomic mass is 9.95. The Hall–Kier alpha value is -2.18. The fourth-order valence-corrected chi connectivity index (χ4v) is 4.64. The molecule has 5 rings (SSSR count). The number of rotatable bonds is 2. The van der Waals surface area contributed by atoms with E-state index in [4.69, 9.17) is 9.84 Å². The molecule has 3 nitrogen and oxygen atoms in total. The maximum absolute atomic E-state index is 13.8. The van der Waals surface area contributed by atoms with E-state index in [0.717, 1.165) is 39.0 Å². The molecule has 6 heteroatoms. The highest BCUT2D eigenvalue weighted by Crippen LogP contribution is 2.48. The number of fused-ring (bicyclic) bond motifs is 3. The predicted molar refractivity (Wildman–Crippen MR) is 119 cm³/mol. The molecule has 0 fully saturated rings. The average molecular weight is 516 g/mol. The first-order valence-electron chi connectivity index (χ1n) is 9.33. The van der Waals surface area contributed by atoms with E-state index in [1.165, 1.54) is 11.6 Å². The first kappa shape index (κ1) is 18.8. The van der Waals surface area contributed by atoms with Crippen molar-refractivity contribution in [1.82, 2.24) is 5.01 Å². The zero-order valence-corrected chi connectivity index (χ0v) is 18.7. The molecule has 146 valence electrons. The second-order valence-corrected chi connectivity index (χ2v) is 9.11. The average Bonchev–Trinajstić information content (AvgIpc) is 3.16. The molecule has 0 saturated carbocycles. The summed E-state index contributed by atoms with van der Waals surface area (Å²) in [5, 5.41) is 6.95. The zero-order chi connectivity index (χ0) is 20.1. The standard InChI is InChI=1S/C23H17Br2FN2O/c1-13-2-4-14(5-3-13)20-12-21-17-11-16(24)7-9-22(17)29-23(28(21)27-20)15-6-8-19(26)18(25)10-15/h2-11,21,23H,12H2,1H3/t21-,23+/m0/s1.